The number of carbonyl (C=O) groups excluding carboxylic acids is 1. The first kappa shape index (κ1) is 16.5. The molecule has 2 rings (SSSR count). The molecule has 1 aliphatic rings. The molecule has 1 N–H and O–H groups in total. The molecule has 1 aromatic heterocycles. The molecular formula is C14H22N2O3S2. The van der Waals surface area contributed by atoms with Gasteiger partial charge in [-0.2, -0.15) is 0 Å². The predicted molar refractivity (Wildman–Crippen MR) is 84.7 cm³/mol. The lowest BCUT2D eigenvalue weighted by atomic mass is 9.99. The van der Waals surface area contributed by atoms with Gasteiger partial charge in [-0.05, 0) is 31.4 Å². The number of thiophene rings is 1. The summed E-state index contributed by atoms with van der Waals surface area (Å²) in [5.41, 5.74) is 0. The van der Waals surface area contributed by atoms with Crippen molar-refractivity contribution in [2.45, 2.75) is 32.7 Å². The lowest BCUT2D eigenvalue weighted by Gasteiger charge is -2.30. The summed E-state index contributed by atoms with van der Waals surface area (Å²) in [6.45, 7) is 3.46. The Bertz CT molecular complexity index is 595. The van der Waals surface area contributed by atoms with E-state index in [0.29, 0.717) is 19.6 Å². The third-order valence-electron chi connectivity index (χ3n) is 3.73. The monoisotopic (exact) mass is 330 g/mol. The molecule has 1 fully saturated rings. The molecule has 1 atom stereocenters. The fourth-order valence-corrected chi connectivity index (χ4v) is 4.29. The number of nitrogens with zero attached hydrogens (tertiary/aromatic N) is 1. The molecule has 2 heterocycles. The van der Waals surface area contributed by atoms with Crippen molar-refractivity contribution in [1.82, 2.24) is 9.62 Å². The van der Waals surface area contributed by atoms with Gasteiger partial charge < -0.3 is 5.32 Å². The van der Waals surface area contributed by atoms with Crippen LogP contribution in [0.1, 0.15) is 29.5 Å². The zero-order valence-electron chi connectivity index (χ0n) is 12.5. The van der Waals surface area contributed by atoms with Gasteiger partial charge in [0.15, 0.2) is 0 Å². The minimum absolute atomic E-state index is 0.0465. The second kappa shape index (κ2) is 6.89. The van der Waals surface area contributed by atoms with E-state index in [0.717, 1.165) is 24.1 Å². The molecule has 0 saturated carbocycles. The number of amides is 1. The molecule has 7 heteroatoms. The molecule has 0 aromatic carbocycles. The molecule has 5 nitrogen and oxygen atoms in total. The highest BCUT2D eigenvalue weighted by molar-refractivity contribution is 7.88. The van der Waals surface area contributed by atoms with Crippen LogP contribution in [-0.2, 0) is 27.8 Å². The van der Waals surface area contributed by atoms with Gasteiger partial charge in [-0.1, -0.05) is 6.92 Å². The molecule has 1 saturated heterocycles. The largest absolute Gasteiger partial charge is 0.351 e. The number of carbonyl (C=O) groups is 1. The second-order valence-corrected chi connectivity index (χ2v) is 8.63. The molecule has 1 amide bonds. The average molecular weight is 330 g/mol. The van der Waals surface area contributed by atoms with Gasteiger partial charge in [0.1, 0.15) is 0 Å². The van der Waals surface area contributed by atoms with E-state index in [1.54, 1.807) is 11.3 Å². The lowest BCUT2D eigenvalue weighted by molar-refractivity contribution is -0.126. The average Bonchev–Trinajstić information content (AvgIpc) is 2.92. The van der Waals surface area contributed by atoms with Gasteiger partial charge in [0, 0.05) is 22.8 Å². The van der Waals surface area contributed by atoms with Crippen LogP contribution in [0.15, 0.2) is 12.1 Å². The van der Waals surface area contributed by atoms with Crippen LogP contribution in [0.5, 0.6) is 0 Å². The van der Waals surface area contributed by atoms with Gasteiger partial charge in [-0.3, -0.25) is 4.79 Å². The third-order valence-corrected chi connectivity index (χ3v) is 6.23. The SMILES string of the molecule is CCc1ccc(CNC(=O)[C@H]2CCCN(S(C)(=O)=O)C2)s1. The van der Waals surface area contributed by atoms with E-state index in [1.807, 2.05) is 6.07 Å². The van der Waals surface area contributed by atoms with Crippen LogP contribution in [0, 0.1) is 5.92 Å². The summed E-state index contributed by atoms with van der Waals surface area (Å²) in [6, 6.07) is 4.12. The number of piperidine rings is 1. The van der Waals surface area contributed by atoms with Crippen molar-refractivity contribution >= 4 is 27.3 Å². The lowest BCUT2D eigenvalue weighted by Crippen LogP contribution is -2.44. The number of sulfonamides is 1. The highest BCUT2D eigenvalue weighted by Gasteiger charge is 2.29. The molecule has 0 spiro atoms. The van der Waals surface area contributed by atoms with E-state index in [2.05, 4.69) is 18.3 Å². The zero-order valence-corrected chi connectivity index (χ0v) is 14.1. The maximum Gasteiger partial charge on any atom is 0.224 e. The van der Waals surface area contributed by atoms with Crippen LogP contribution < -0.4 is 5.32 Å². The molecule has 0 aliphatic carbocycles. The first-order chi connectivity index (χ1) is 9.90. The molecule has 21 heavy (non-hydrogen) atoms. The highest BCUT2D eigenvalue weighted by atomic mass is 32.2. The first-order valence-electron chi connectivity index (χ1n) is 7.20. The smallest absolute Gasteiger partial charge is 0.224 e. The molecule has 118 valence electrons. The fraction of sp³-hybridized carbons (Fsp3) is 0.643. The molecule has 1 aromatic rings. The number of hydrogen-bond acceptors (Lipinski definition) is 4. The van der Waals surface area contributed by atoms with E-state index in [4.69, 9.17) is 0 Å². The van der Waals surface area contributed by atoms with Gasteiger partial charge in [0.2, 0.25) is 15.9 Å². The van der Waals surface area contributed by atoms with E-state index in [-0.39, 0.29) is 11.8 Å². The molecular weight excluding hydrogens is 308 g/mol. The second-order valence-electron chi connectivity index (χ2n) is 5.40. The van der Waals surface area contributed by atoms with Gasteiger partial charge in [0.25, 0.3) is 0 Å². The van der Waals surface area contributed by atoms with Crippen LogP contribution in [0.4, 0.5) is 0 Å². The predicted octanol–water partition coefficient (Wildman–Crippen LogP) is 1.60. The first-order valence-corrected chi connectivity index (χ1v) is 9.87. The summed E-state index contributed by atoms with van der Waals surface area (Å²) in [4.78, 5) is 14.6. The van der Waals surface area contributed by atoms with Crippen LogP contribution in [0.3, 0.4) is 0 Å². The van der Waals surface area contributed by atoms with E-state index in [1.165, 1.54) is 15.4 Å². The van der Waals surface area contributed by atoms with Crippen molar-refractivity contribution in [3.05, 3.63) is 21.9 Å². The van der Waals surface area contributed by atoms with Crippen molar-refractivity contribution in [3.63, 3.8) is 0 Å². The van der Waals surface area contributed by atoms with E-state index < -0.39 is 10.0 Å². The Labute approximate surface area is 130 Å². The van der Waals surface area contributed by atoms with Crippen LogP contribution >= 0.6 is 11.3 Å². The minimum atomic E-state index is -3.20. The molecule has 0 bridgehead atoms. The number of rotatable bonds is 5. The summed E-state index contributed by atoms with van der Waals surface area (Å²) in [5.74, 6) is -0.283. The quantitative estimate of drug-likeness (QED) is 0.892. The normalized spacial score (nSPS) is 20.4. The maximum atomic E-state index is 12.2. The Morgan fingerprint density at radius 2 is 2.14 bits per heavy atom. The number of hydrogen-bond donors (Lipinski definition) is 1. The van der Waals surface area contributed by atoms with Gasteiger partial charge in [-0.25, -0.2) is 12.7 Å². The summed E-state index contributed by atoms with van der Waals surface area (Å²) < 4.78 is 24.5. The van der Waals surface area contributed by atoms with E-state index >= 15 is 0 Å². The van der Waals surface area contributed by atoms with Gasteiger partial charge in [0.05, 0.1) is 18.7 Å². The summed E-state index contributed by atoms with van der Waals surface area (Å²) in [7, 11) is -3.20. The van der Waals surface area contributed by atoms with Crippen molar-refractivity contribution in [1.29, 1.82) is 0 Å². The Morgan fingerprint density at radius 3 is 2.76 bits per heavy atom. The minimum Gasteiger partial charge on any atom is -0.351 e. The van der Waals surface area contributed by atoms with Gasteiger partial charge in [-0.15, -0.1) is 11.3 Å². The molecule has 0 radical (unpaired) electrons. The highest BCUT2D eigenvalue weighted by Crippen LogP contribution is 2.20. The zero-order chi connectivity index (χ0) is 15.5. The topological polar surface area (TPSA) is 66.5 Å². The molecule has 0 unspecified atom stereocenters. The Balaban J connectivity index is 1.88. The van der Waals surface area contributed by atoms with Crippen molar-refractivity contribution in [2.75, 3.05) is 19.3 Å². The standard InChI is InChI=1S/C14H22N2O3S2/c1-3-12-6-7-13(20-12)9-15-14(17)11-5-4-8-16(10-11)21(2,18)19/h6-7,11H,3-5,8-10H2,1-2H3,(H,15,17)/t11-/m0/s1. The summed E-state index contributed by atoms with van der Waals surface area (Å²) in [6.07, 6.45) is 3.70. The molecule has 1 aliphatic heterocycles. The van der Waals surface area contributed by atoms with Crippen LogP contribution in [-0.4, -0.2) is 38.0 Å². The Hall–Kier alpha value is -0.920. The van der Waals surface area contributed by atoms with Crippen LogP contribution in [0.25, 0.3) is 0 Å². The van der Waals surface area contributed by atoms with Crippen molar-refractivity contribution in [3.8, 4) is 0 Å². The third kappa shape index (κ3) is 4.52. The number of aryl methyl sites for hydroxylation is 1. The van der Waals surface area contributed by atoms with Crippen molar-refractivity contribution < 1.29 is 13.2 Å². The fourth-order valence-electron chi connectivity index (χ4n) is 2.48. The number of nitrogens with one attached hydrogen (secondary N) is 1. The van der Waals surface area contributed by atoms with E-state index in [9.17, 15) is 13.2 Å². The Morgan fingerprint density at radius 1 is 1.43 bits per heavy atom. The van der Waals surface area contributed by atoms with Gasteiger partial charge >= 0.3 is 0 Å². The summed E-state index contributed by atoms with van der Waals surface area (Å²) in [5, 5.41) is 2.93. The Kier molecular flexibility index (Phi) is 5.40. The maximum absolute atomic E-state index is 12.2. The summed E-state index contributed by atoms with van der Waals surface area (Å²) >= 11 is 1.71. The van der Waals surface area contributed by atoms with Crippen molar-refractivity contribution in [2.24, 2.45) is 5.92 Å². The van der Waals surface area contributed by atoms with Crippen LogP contribution in [0.2, 0.25) is 0 Å².